The first-order valence-electron chi connectivity index (χ1n) is 5.24. The third-order valence-corrected chi connectivity index (χ3v) is 2.74. The fraction of sp³-hybridized carbons (Fsp3) is 0.143. The number of hydrogen-bond acceptors (Lipinski definition) is 3. The fourth-order valence-electron chi connectivity index (χ4n) is 1.78. The second-order valence-corrected chi connectivity index (χ2v) is 4.00. The Morgan fingerprint density at radius 1 is 1.35 bits per heavy atom. The van der Waals surface area contributed by atoms with E-state index >= 15 is 0 Å². The number of allylic oxidation sites excluding steroid dienone is 2. The van der Waals surface area contributed by atoms with Crippen LogP contribution in [0.4, 0.5) is 0 Å². The van der Waals surface area contributed by atoms with E-state index in [0.29, 0.717) is 5.56 Å². The summed E-state index contributed by atoms with van der Waals surface area (Å²) in [5.74, 6) is 0. The minimum Gasteiger partial charge on any atom is -0.372 e. The van der Waals surface area contributed by atoms with Crippen molar-refractivity contribution in [2.24, 2.45) is 0 Å². The van der Waals surface area contributed by atoms with Crippen LogP contribution in [-0.2, 0) is 0 Å². The molecular formula is C14H11NO2. The van der Waals surface area contributed by atoms with Gasteiger partial charge in [0.05, 0.1) is 0 Å². The van der Waals surface area contributed by atoms with Gasteiger partial charge >= 0.3 is 0 Å². The lowest BCUT2D eigenvalue weighted by Gasteiger charge is -2.21. The van der Waals surface area contributed by atoms with E-state index in [0.717, 1.165) is 17.4 Å². The van der Waals surface area contributed by atoms with Crippen LogP contribution in [0, 0.1) is 11.3 Å². The Hall–Kier alpha value is -2.18. The van der Waals surface area contributed by atoms with Gasteiger partial charge in [-0.1, -0.05) is 36.4 Å². The summed E-state index contributed by atoms with van der Waals surface area (Å²) in [4.78, 5) is 10.5. The molecule has 1 unspecified atom stereocenters. The molecule has 0 radical (unpaired) electrons. The minimum absolute atomic E-state index is 0.264. The SMILES string of the molecule is N#CC1(O)C=CC=C(c2ccc(C=O)cc2)C1. The second-order valence-electron chi connectivity index (χ2n) is 4.00. The van der Waals surface area contributed by atoms with Crippen LogP contribution in [0.5, 0.6) is 0 Å². The largest absolute Gasteiger partial charge is 0.372 e. The number of hydrogen-bond donors (Lipinski definition) is 1. The van der Waals surface area contributed by atoms with Gasteiger partial charge in [-0.15, -0.1) is 0 Å². The van der Waals surface area contributed by atoms with Gasteiger partial charge in [-0.05, 0) is 17.2 Å². The van der Waals surface area contributed by atoms with Gasteiger partial charge in [-0.25, -0.2) is 0 Å². The quantitative estimate of drug-likeness (QED) is 0.619. The summed E-state index contributed by atoms with van der Waals surface area (Å²) in [7, 11) is 0. The molecule has 1 aliphatic carbocycles. The molecule has 0 saturated heterocycles. The lowest BCUT2D eigenvalue weighted by atomic mass is 9.87. The van der Waals surface area contributed by atoms with Crippen molar-refractivity contribution in [3.05, 3.63) is 53.6 Å². The molecule has 0 heterocycles. The van der Waals surface area contributed by atoms with Gasteiger partial charge < -0.3 is 5.11 Å². The lowest BCUT2D eigenvalue weighted by Crippen LogP contribution is -2.25. The van der Waals surface area contributed by atoms with E-state index in [-0.39, 0.29) is 6.42 Å². The van der Waals surface area contributed by atoms with Gasteiger partial charge in [-0.2, -0.15) is 5.26 Å². The van der Waals surface area contributed by atoms with E-state index in [1.165, 1.54) is 6.08 Å². The molecule has 0 saturated carbocycles. The lowest BCUT2D eigenvalue weighted by molar-refractivity contribution is 0.112. The molecule has 0 aromatic heterocycles. The zero-order valence-electron chi connectivity index (χ0n) is 9.13. The standard InChI is InChI=1S/C14H11NO2/c15-10-14(17)7-1-2-13(8-14)12-5-3-11(9-16)4-6-12/h1-7,9,17H,8H2. The average Bonchev–Trinajstić information content (AvgIpc) is 2.39. The molecule has 3 heteroatoms. The van der Waals surface area contributed by atoms with E-state index in [1.54, 1.807) is 18.2 Å². The van der Waals surface area contributed by atoms with Crippen LogP contribution >= 0.6 is 0 Å². The number of nitrogens with zero attached hydrogens (tertiary/aromatic N) is 1. The average molecular weight is 225 g/mol. The van der Waals surface area contributed by atoms with E-state index < -0.39 is 5.60 Å². The number of nitriles is 1. The number of carbonyl (C=O) groups is 1. The molecule has 84 valence electrons. The van der Waals surface area contributed by atoms with Crippen molar-refractivity contribution in [1.82, 2.24) is 0 Å². The Bertz CT molecular complexity index is 534. The number of aldehydes is 1. The predicted octanol–water partition coefficient (Wildman–Crippen LogP) is 2.10. The zero-order chi connectivity index (χ0) is 12.3. The van der Waals surface area contributed by atoms with Crippen LogP contribution in [-0.4, -0.2) is 17.0 Å². The van der Waals surface area contributed by atoms with Gasteiger partial charge in [0.15, 0.2) is 5.60 Å². The molecule has 0 fully saturated rings. The summed E-state index contributed by atoms with van der Waals surface area (Å²) >= 11 is 0. The summed E-state index contributed by atoms with van der Waals surface area (Å²) in [5, 5.41) is 18.7. The van der Waals surface area contributed by atoms with Crippen LogP contribution in [0.1, 0.15) is 22.3 Å². The first kappa shape index (κ1) is 11.3. The monoisotopic (exact) mass is 225 g/mol. The number of carbonyl (C=O) groups excluding carboxylic acids is 1. The van der Waals surface area contributed by atoms with Crippen molar-refractivity contribution in [2.75, 3.05) is 0 Å². The molecule has 3 nitrogen and oxygen atoms in total. The van der Waals surface area contributed by atoms with Crippen LogP contribution in [0.25, 0.3) is 5.57 Å². The van der Waals surface area contributed by atoms with E-state index in [2.05, 4.69) is 0 Å². The van der Waals surface area contributed by atoms with Crippen LogP contribution in [0.2, 0.25) is 0 Å². The van der Waals surface area contributed by atoms with Gasteiger partial charge in [0.2, 0.25) is 0 Å². The highest BCUT2D eigenvalue weighted by molar-refractivity contribution is 5.77. The van der Waals surface area contributed by atoms with E-state index in [4.69, 9.17) is 5.26 Å². The highest BCUT2D eigenvalue weighted by atomic mass is 16.3. The van der Waals surface area contributed by atoms with Crippen molar-refractivity contribution in [3.63, 3.8) is 0 Å². The van der Waals surface area contributed by atoms with Crippen molar-refractivity contribution in [2.45, 2.75) is 12.0 Å². The Morgan fingerprint density at radius 3 is 2.65 bits per heavy atom. The highest BCUT2D eigenvalue weighted by Crippen LogP contribution is 2.29. The molecule has 1 aromatic carbocycles. The summed E-state index contributed by atoms with van der Waals surface area (Å²) < 4.78 is 0. The first-order chi connectivity index (χ1) is 8.17. The van der Waals surface area contributed by atoms with E-state index in [9.17, 15) is 9.90 Å². The number of aliphatic hydroxyl groups is 1. The van der Waals surface area contributed by atoms with Crippen molar-refractivity contribution in [1.29, 1.82) is 5.26 Å². The molecule has 2 rings (SSSR count). The fourth-order valence-corrected chi connectivity index (χ4v) is 1.78. The van der Waals surface area contributed by atoms with Crippen molar-refractivity contribution < 1.29 is 9.90 Å². The normalized spacial score (nSPS) is 22.7. The molecule has 1 atom stereocenters. The predicted molar refractivity (Wildman–Crippen MR) is 64.1 cm³/mol. The smallest absolute Gasteiger partial charge is 0.174 e. The van der Waals surface area contributed by atoms with Gasteiger partial charge in [-0.3, -0.25) is 4.79 Å². The van der Waals surface area contributed by atoms with Crippen LogP contribution < -0.4 is 0 Å². The zero-order valence-corrected chi connectivity index (χ0v) is 9.13. The number of rotatable bonds is 2. The Balaban J connectivity index is 2.29. The topological polar surface area (TPSA) is 61.1 Å². The maximum absolute atomic E-state index is 10.5. The molecule has 1 N–H and O–H groups in total. The Labute approximate surface area is 99.3 Å². The molecule has 0 amide bonds. The van der Waals surface area contributed by atoms with Crippen LogP contribution in [0.15, 0.2) is 42.5 Å². The first-order valence-corrected chi connectivity index (χ1v) is 5.24. The molecule has 0 spiro atoms. The van der Waals surface area contributed by atoms with E-state index in [1.807, 2.05) is 24.3 Å². The molecule has 1 aromatic rings. The van der Waals surface area contributed by atoms with Gasteiger partial charge in [0.1, 0.15) is 12.4 Å². The third kappa shape index (κ3) is 2.32. The van der Waals surface area contributed by atoms with Crippen molar-refractivity contribution in [3.8, 4) is 6.07 Å². The number of benzene rings is 1. The molecule has 17 heavy (non-hydrogen) atoms. The van der Waals surface area contributed by atoms with Gasteiger partial charge in [0, 0.05) is 12.0 Å². The molecular weight excluding hydrogens is 214 g/mol. The third-order valence-electron chi connectivity index (χ3n) is 2.74. The Kier molecular flexibility index (Phi) is 2.90. The van der Waals surface area contributed by atoms with Gasteiger partial charge in [0.25, 0.3) is 0 Å². The summed E-state index contributed by atoms with van der Waals surface area (Å²) in [5.41, 5.74) is 0.979. The van der Waals surface area contributed by atoms with Crippen molar-refractivity contribution >= 4 is 11.9 Å². The minimum atomic E-state index is -1.42. The summed E-state index contributed by atoms with van der Waals surface area (Å²) in [6.45, 7) is 0. The van der Waals surface area contributed by atoms with Crippen LogP contribution in [0.3, 0.4) is 0 Å². The molecule has 0 bridgehead atoms. The summed E-state index contributed by atoms with van der Waals surface area (Å²) in [6, 6.07) is 8.93. The maximum atomic E-state index is 10.5. The maximum Gasteiger partial charge on any atom is 0.174 e. The summed E-state index contributed by atoms with van der Waals surface area (Å²) in [6.07, 6.45) is 6.07. The highest BCUT2D eigenvalue weighted by Gasteiger charge is 2.26. The molecule has 0 aliphatic heterocycles. The molecule has 1 aliphatic rings. The Morgan fingerprint density at radius 2 is 2.06 bits per heavy atom. The second kappa shape index (κ2) is 4.36.